The van der Waals surface area contributed by atoms with Gasteiger partial charge in [-0.05, 0) is 61.8 Å². The molecule has 4 aliphatic rings. The van der Waals surface area contributed by atoms with E-state index >= 15 is 0 Å². The molecule has 0 radical (unpaired) electrons. The Labute approximate surface area is 249 Å². The van der Waals surface area contributed by atoms with Crippen molar-refractivity contribution in [3.63, 3.8) is 0 Å². The van der Waals surface area contributed by atoms with Crippen molar-refractivity contribution in [1.82, 2.24) is 10.2 Å². The molecule has 7 nitrogen and oxygen atoms in total. The van der Waals surface area contributed by atoms with E-state index in [0.717, 1.165) is 32.1 Å². The van der Waals surface area contributed by atoms with Crippen LogP contribution in [0.5, 0.6) is 0 Å². The first kappa shape index (κ1) is 28.7. The summed E-state index contributed by atoms with van der Waals surface area (Å²) in [4.78, 5) is 44.0. The van der Waals surface area contributed by atoms with Gasteiger partial charge in [0.2, 0.25) is 17.7 Å². The summed E-state index contributed by atoms with van der Waals surface area (Å²) in [6.07, 6.45) is 10.0. The van der Waals surface area contributed by atoms with Gasteiger partial charge in [0.15, 0.2) is 0 Å². The van der Waals surface area contributed by atoms with E-state index < -0.39 is 29.6 Å². The first-order chi connectivity index (χ1) is 20.3. The van der Waals surface area contributed by atoms with Crippen molar-refractivity contribution in [1.29, 1.82) is 0 Å². The molecule has 3 heterocycles. The Morgan fingerprint density at radius 3 is 2.38 bits per heavy atom. The molecule has 7 heteroatoms. The van der Waals surface area contributed by atoms with Crippen LogP contribution in [-0.4, -0.2) is 52.5 Å². The van der Waals surface area contributed by atoms with Gasteiger partial charge >= 0.3 is 0 Å². The molecule has 2 bridgehead atoms. The van der Waals surface area contributed by atoms with Crippen molar-refractivity contribution in [2.24, 2.45) is 11.8 Å². The van der Waals surface area contributed by atoms with Gasteiger partial charge in [0.05, 0.1) is 17.9 Å². The summed E-state index contributed by atoms with van der Waals surface area (Å²) in [6.45, 7) is 6.27. The van der Waals surface area contributed by atoms with Crippen molar-refractivity contribution in [2.45, 2.75) is 101 Å². The van der Waals surface area contributed by atoms with Gasteiger partial charge in [-0.3, -0.25) is 14.4 Å². The summed E-state index contributed by atoms with van der Waals surface area (Å²) < 4.78 is 6.55. The summed E-state index contributed by atoms with van der Waals surface area (Å²) >= 11 is 0. The zero-order valence-corrected chi connectivity index (χ0v) is 24.9. The Balaban J connectivity index is 1.27. The monoisotopic (exact) mass is 569 g/mol. The molecule has 42 heavy (non-hydrogen) atoms. The maximum absolute atomic E-state index is 14.4. The number of carbonyl (C=O) groups excluding carboxylic acids is 3. The highest BCUT2D eigenvalue weighted by molar-refractivity contribution is 6.03. The minimum atomic E-state index is -1.15. The lowest BCUT2D eigenvalue weighted by atomic mass is 9.74. The number of benzene rings is 2. The van der Waals surface area contributed by atoms with Gasteiger partial charge in [-0.2, -0.15) is 0 Å². The average Bonchev–Trinajstić information content (AvgIpc) is 3.64. The summed E-state index contributed by atoms with van der Waals surface area (Å²) in [7, 11) is 0. The molecule has 0 unspecified atom stereocenters. The maximum atomic E-state index is 14.4. The molecule has 3 aliphatic heterocycles. The second-order valence-corrected chi connectivity index (χ2v) is 12.9. The predicted molar refractivity (Wildman–Crippen MR) is 163 cm³/mol. The average molecular weight is 570 g/mol. The quantitative estimate of drug-likeness (QED) is 0.398. The number of amides is 3. The van der Waals surface area contributed by atoms with Crippen LogP contribution in [0.3, 0.4) is 0 Å². The number of likely N-dealkylation sites (tertiary alicyclic amines) is 1. The third kappa shape index (κ3) is 5.17. The molecule has 1 saturated carbocycles. The van der Waals surface area contributed by atoms with Gasteiger partial charge in [0, 0.05) is 17.8 Å². The van der Waals surface area contributed by atoms with E-state index in [1.165, 1.54) is 17.5 Å². The molecule has 2 saturated heterocycles. The number of hydrogen-bond acceptors (Lipinski definition) is 4. The minimum Gasteiger partial charge on any atom is -0.359 e. The third-order valence-corrected chi connectivity index (χ3v) is 9.83. The molecular formula is C35H43N3O4. The number of fused-ring (bicyclic) bond motifs is 1. The van der Waals surface area contributed by atoms with Gasteiger partial charge in [-0.15, -0.1) is 0 Å². The zero-order chi connectivity index (χ0) is 29.4. The summed E-state index contributed by atoms with van der Waals surface area (Å²) in [5, 5.41) is 6.32. The maximum Gasteiger partial charge on any atom is 0.246 e. The van der Waals surface area contributed by atoms with Gasteiger partial charge in [-0.1, -0.05) is 87.7 Å². The molecule has 6 rings (SSSR count). The summed E-state index contributed by atoms with van der Waals surface area (Å²) in [5.41, 5.74) is 1.92. The molecular weight excluding hydrogens is 526 g/mol. The fraction of sp³-hybridized carbons (Fsp3) is 0.514. The lowest BCUT2D eigenvalue weighted by molar-refractivity contribution is -0.143. The number of nitrogens with zero attached hydrogens (tertiary/aromatic N) is 1. The van der Waals surface area contributed by atoms with E-state index in [4.69, 9.17) is 4.74 Å². The molecule has 3 fully saturated rings. The summed E-state index contributed by atoms with van der Waals surface area (Å²) in [5.74, 6) is -1.64. The van der Waals surface area contributed by atoms with E-state index in [2.05, 4.69) is 36.6 Å². The standard InChI is InChI=1S/C35H43N3O4/c1-22(2)25-16-18-27(19-17-25)36-32(39)29-28-20-21-35(42-28)30(29)34(41)38(23(3)14-15-24-10-6-4-7-11-24)31(35)33(40)37-26-12-8-5-9-13-26/h4,6-7,10-11,16-23,26,28-31H,5,8-9,12-15H2,1-3H3,(H,36,39)(H,37,40)/t23-,28+,29-,30+,31+,35+/m0/s1. The zero-order valence-electron chi connectivity index (χ0n) is 24.9. The number of carbonyl (C=O) groups is 3. The molecule has 1 aliphatic carbocycles. The van der Waals surface area contributed by atoms with Crippen LogP contribution in [0.25, 0.3) is 0 Å². The Kier molecular flexibility index (Phi) is 7.97. The van der Waals surface area contributed by atoms with E-state index in [1.807, 2.05) is 61.5 Å². The van der Waals surface area contributed by atoms with Crippen molar-refractivity contribution in [3.05, 3.63) is 77.9 Å². The van der Waals surface area contributed by atoms with Crippen molar-refractivity contribution >= 4 is 23.4 Å². The number of aryl methyl sites for hydroxylation is 1. The normalized spacial score (nSPS) is 29.1. The molecule has 1 spiro atoms. The lowest BCUT2D eigenvalue weighted by Crippen LogP contribution is -2.58. The molecule has 0 aromatic heterocycles. The van der Waals surface area contributed by atoms with Crippen LogP contribution in [0.1, 0.15) is 76.3 Å². The first-order valence-electron chi connectivity index (χ1n) is 15.7. The minimum absolute atomic E-state index is 0.105. The van der Waals surface area contributed by atoms with E-state index in [-0.39, 0.29) is 29.8 Å². The molecule has 2 aromatic rings. The SMILES string of the molecule is CC(C)c1ccc(NC(=O)[C@H]2[C@H]3C=C[C@@]4(O3)[C@H]2C(=O)N([C@@H](C)CCc2ccccc2)[C@@H]4C(=O)NC2CCCCC2)cc1. The number of rotatable bonds is 9. The predicted octanol–water partition coefficient (Wildman–Crippen LogP) is 5.37. The van der Waals surface area contributed by atoms with Crippen molar-refractivity contribution in [2.75, 3.05) is 5.32 Å². The Bertz CT molecular complexity index is 1330. The highest BCUT2D eigenvalue weighted by Gasteiger charge is 2.73. The van der Waals surface area contributed by atoms with Crippen LogP contribution in [0.4, 0.5) is 5.69 Å². The van der Waals surface area contributed by atoms with Crippen LogP contribution < -0.4 is 10.6 Å². The van der Waals surface area contributed by atoms with Crippen LogP contribution >= 0.6 is 0 Å². The topological polar surface area (TPSA) is 87.7 Å². The van der Waals surface area contributed by atoms with Crippen LogP contribution in [0.2, 0.25) is 0 Å². The number of hydrogen-bond donors (Lipinski definition) is 2. The molecule has 6 atom stereocenters. The number of anilines is 1. The largest absolute Gasteiger partial charge is 0.359 e. The number of ether oxygens (including phenoxy) is 1. The Hall–Kier alpha value is -3.45. The molecule has 2 aromatic carbocycles. The summed E-state index contributed by atoms with van der Waals surface area (Å²) in [6, 6.07) is 17.1. The third-order valence-electron chi connectivity index (χ3n) is 9.83. The van der Waals surface area contributed by atoms with Crippen molar-refractivity contribution < 1.29 is 19.1 Å². The molecule has 2 N–H and O–H groups in total. The van der Waals surface area contributed by atoms with E-state index in [9.17, 15) is 14.4 Å². The first-order valence-corrected chi connectivity index (χ1v) is 15.7. The lowest BCUT2D eigenvalue weighted by Gasteiger charge is -2.36. The Morgan fingerprint density at radius 1 is 0.976 bits per heavy atom. The fourth-order valence-electron chi connectivity index (χ4n) is 7.54. The van der Waals surface area contributed by atoms with E-state index in [0.29, 0.717) is 18.0 Å². The van der Waals surface area contributed by atoms with Crippen molar-refractivity contribution in [3.8, 4) is 0 Å². The number of nitrogens with one attached hydrogen (secondary N) is 2. The van der Waals surface area contributed by atoms with Gasteiger partial charge in [0.1, 0.15) is 11.6 Å². The second kappa shape index (κ2) is 11.7. The second-order valence-electron chi connectivity index (χ2n) is 12.9. The van der Waals surface area contributed by atoms with Crippen LogP contribution in [0.15, 0.2) is 66.7 Å². The van der Waals surface area contributed by atoms with Crippen LogP contribution in [0, 0.1) is 11.8 Å². The fourth-order valence-corrected chi connectivity index (χ4v) is 7.54. The van der Waals surface area contributed by atoms with Crippen LogP contribution in [-0.2, 0) is 25.5 Å². The smallest absolute Gasteiger partial charge is 0.246 e. The highest BCUT2D eigenvalue weighted by atomic mass is 16.5. The Morgan fingerprint density at radius 2 is 1.69 bits per heavy atom. The van der Waals surface area contributed by atoms with Gasteiger partial charge < -0.3 is 20.3 Å². The van der Waals surface area contributed by atoms with E-state index in [1.54, 1.807) is 4.90 Å². The van der Waals surface area contributed by atoms with Gasteiger partial charge in [-0.25, -0.2) is 0 Å². The molecule has 3 amide bonds. The van der Waals surface area contributed by atoms with Gasteiger partial charge in [0.25, 0.3) is 0 Å². The molecule has 222 valence electrons. The highest BCUT2D eigenvalue weighted by Crippen LogP contribution is 2.56.